The summed E-state index contributed by atoms with van der Waals surface area (Å²) < 4.78 is 1.94. The number of nitrogen functional groups attached to an aromatic ring is 1. The van der Waals surface area contributed by atoms with Crippen LogP contribution in [0.25, 0.3) is 0 Å². The SMILES string of the molecule is CCn1cc(CN(C)c2ccc(N)cc2)cn1. The molecular formula is C13H18N4. The maximum absolute atomic E-state index is 5.67. The first-order chi connectivity index (χ1) is 8.19. The highest BCUT2D eigenvalue weighted by Gasteiger charge is 2.03. The van der Waals surface area contributed by atoms with Crippen molar-refractivity contribution in [3.63, 3.8) is 0 Å². The van der Waals surface area contributed by atoms with Gasteiger partial charge in [0.05, 0.1) is 6.20 Å². The van der Waals surface area contributed by atoms with E-state index in [1.54, 1.807) is 0 Å². The van der Waals surface area contributed by atoms with Gasteiger partial charge < -0.3 is 10.6 Å². The zero-order chi connectivity index (χ0) is 12.3. The summed E-state index contributed by atoms with van der Waals surface area (Å²) in [6.45, 7) is 3.84. The normalized spacial score (nSPS) is 10.5. The van der Waals surface area contributed by atoms with E-state index in [1.165, 1.54) is 5.56 Å². The van der Waals surface area contributed by atoms with Crippen LogP contribution in [-0.2, 0) is 13.1 Å². The quantitative estimate of drug-likeness (QED) is 0.818. The van der Waals surface area contributed by atoms with Gasteiger partial charge in [-0.1, -0.05) is 0 Å². The second-order valence-electron chi connectivity index (χ2n) is 4.15. The standard InChI is InChI=1S/C13H18N4/c1-3-17-10-11(8-15-17)9-16(2)13-6-4-12(14)5-7-13/h4-8,10H,3,9,14H2,1-2H3. The van der Waals surface area contributed by atoms with E-state index in [0.717, 1.165) is 24.5 Å². The summed E-state index contributed by atoms with van der Waals surface area (Å²) in [7, 11) is 2.06. The van der Waals surface area contributed by atoms with Crippen LogP contribution in [0.5, 0.6) is 0 Å². The van der Waals surface area contributed by atoms with Gasteiger partial charge in [0.25, 0.3) is 0 Å². The lowest BCUT2D eigenvalue weighted by Crippen LogP contribution is -2.15. The molecule has 0 saturated carbocycles. The summed E-state index contributed by atoms with van der Waals surface area (Å²) in [5, 5.41) is 4.27. The first-order valence-corrected chi connectivity index (χ1v) is 5.77. The molecule has 0 spiro atoms. The van der Waals surface area contributed by atoms with Crippen molar-refractivity contribution in [1.29, 1.82) is 0 Å². The molecule has 0 aliphatic heterocycles. The minimum absolute atomic E-state index is 0.793. The Labute approximate surface area is 102 Å². The van der Waals surface area contributed by atoms with Gasteiger partial charge in [-0.25, -0.2) is 0 Å². The predicted octanol–water partition coefficient (Wildman–Crippen LogP) is 2.12. The molecule has 0 unspecified atom stereocenters. The van der Waals surface area contributed by atoms with E-state index in [4.69, 9.17) is 5.73 Å². The van der Waals surface area contributed by atoms with Crippen LogP contribution in [0.15, 0.2) is 36.7 Å². The monoisotopic (exact) mass is 230 g/mol. The van der Waals surface area contributed by atoms with Crippen LogP contribution in [0.1, 0.15) is 12.5 Å². The second-order valence-corrected chi connectivity index (χ2v) is 4.15. The summed E-state index contributed by atoms with van der Waals surface area (Å²) in [5.74, 6) is 0. The Kier molecular flexibility index (Phi) is 3.32. The van der Waals surface area contributed by atoms with E-state index in [0.29, 0.717) is 0 Å². The lowest BCUT2D eigenvalue weighted by Gasteiger charge is -2.18. The topological polar surface area (TPSA) is 47.1 Å². The Bertz CT molecular complexity index is 472. The molecule has 0 aliphatic rings. The van der Waals surface area contributed by atoms with E-state index < -0.39 is 0 Å². The molecule has 4 heteroatoms. The van der Waals surface area contributed by atoms with E-state index in [-0.39, 0.29) is 0 Å². The fourth-order valence-electron chi connectivity index (χ4n) is 1.75. The Morgan fingerprint density at radius 2 is 2.00 bits per heavy atom. The Morgan fingerprint density at radius 3 is 2.59 bits per heavy atom. The van der Waals surface area contributed by atoms with E-state index in [2.05, 4.69) is 30.2 Å². The summed E-state index contributed by atoms with van der Waals surface area (Å²) in [5.41, 5.74) is 8.83. The van der Waals surface area contributed by atoms with Crippen molar-refractivity contribution in [2.24, 2.45) is 0 Å². The molecule has 1 heterocycles. The molecule has 0 radical (unpaired) electrons. The van der Waals surface area contributed by atoms with Gasteiger partial charge in [0.2, 0.25) is 0 Å². The summed E-state index contributed by atoms with van der Waals surface area (Å²) in [6, 6.07) is 7.89. The number of nitrogens with zero attached hydrogens (tertiary/aromatic N) is 3. The number of anilines is 2. The van der Waals surface area contributed by atoms with Gasteiger partial charge in [-0.05, 0) is 31.2 Å². The van der Waals surface area contributed by atoms with E-state index in [1.807, 2.05) is 35.1 Å². The minimum atomic E-state index is 0.793. The molecule has 0 atom stereocenters. The van der Waals surface area contributed by atoms with Crippen LogP contribution < -0.4 is 10.6 Å². The van der Waals surface area contributed by atoms with Crippen LogP contribution >= 0.6 is 0 Å². The number of rotatable bonds is 4. The van der Waals surface area contributed by atoms with Gasteiger partial charge in [-0.2, -0.15) is 5.10 Å². The summed E-state index contributed by atoms with van der Waals surface area (Å²) in [4.78, 5) is 2.18. The molecule has 2 rings (SSSR count). The Morgan fingerprint density at radius 1 is 1.29 bits per heavy atom. The number of aryl methyl sites for hydroxylation is 1. The number of benzene rings is 1. The summed E-state index contributed by atoms with van der Waals surface area (Å²) in [6.07, 6.45) is 3.99. The third-order valence-corrected chi connectivity index (χ3v) is 2.76. The highest BCUT2D eigenvalue weighted by atomic mass is 15.3. The van der Waals surface area contributed by atoms with Gasteiger partial charge in [-0.15, -0.1) is 0 Å². The largest absolute Gasteiger partial charge is 0.399 e. The molecule has 2 aromatic rings. The molecule has 0 fully saturated rings. The van der Waals surface area contributed by atoms with Gasteiger partial charge >= 0.3 is 0 Å². The molecule has 0 amide bonds. The van der Waals surface area contributed by atoms with Gasteiger partial charge in [0.15, 0.2) is 0 Å². The third-order valence-electron chi connectivity index (χ3n) is 2.76. The zero-order valence-corrected chi connectivity index (χ0v) is 10.3. The molecule has 2 N–H and O–H groups in total. The number of nitrogens with two attached hydrogens (primary N) is 1. The average Bonchev–Trinajstić information content (AvgIpc) is 2.77. The first kappa shape index (κ1) is 11.5. The molecule has 4 nitrogen and oxygen atoms in total. The lowest BCUT2D eigenvalue weighted by molar-refractivity contribution is 0.659. The predicted molar refractivity (Wildman–Crippen MR) is 70.9 cm³/mol. The fourth-order valence-corrected chi connectivity index (χ4v) is 1.75. The second kappa shape index (κ2) is 4.91. The minimum Gasteiger partial charge on any atom is -0.399 e. The smallest absolute Gasteiger partial charge is 0.0539 e. The zero-order valence-electron chi connectivity index (χ0n) is 10.3. The van der Waals surface area contributed by atoms with Crippen molar-refractivity contribution >= 4 is 11.4 Å². The Hall–Kier alpha value is -1.97. The van der Waals surface area contributed by atoms with Crippen LogP contribution in [0, 0.1) is 0 Å². The molecule has 1 aromatic carbocycles. The fraction of sp³-hybridized carbons (Fsp3) is 0.308. The van der Waals surface area contributed by atoms with Crippen LogP contribution in [0.4, 0.5) is 11.4 Å². The van der Waals surface area contributed by atoms with Crippen molar-refractivity contribution in [1.82, 2.24) is 9.78 Å². The van der Waals surface area contributed by atoms with Gasteiger partial charge in [-0.3, -0.25) is 4.68 Å². The number of aromatic nitrogens is 2. The van der Waals surface area contributed by atoms with Crippen LogP contribution in [0.2, 0.25) is 0 Å². The average molecular weight is 230 g/mol. The molecule has 90 valence electrons. The highest BCUT2D eigenvalue weighted by molar-refractivity contribution is 5.52. The van der Waals surface area contributed by atoms with E-state index >= 15 is 0 Å². The number of hydrogen-bond acceptors (Lipinski definition) is 3. The van der Waals surface area contributed by atoms with E-state index in [9.17, 15) is 0 Å². The third kappa shape index (κ3) is 2.78. The van der Waals surface area contributed by atoms with Crippen LogP contribution in [-0.4, -0.2) is 16.8 Å². The van der Waals surface area contributed by atoms with Crippen molar-refractivity contribution in [3.05, 3.63) is 42.2 Å². The molecule has 17 heavy (non-hydrogen) atoms. The maximum Gasteiger partial charge on any atom is 0.0539 e. The molecular weight excluding hydrogens is 212 g/mol. The molecule has 1 aromatic heterocycles. The number of hydrogen-bond donors (Lipinski definition) is 1. The molecule has 0 bridgehead atoms. The lowest BCUT2D eigenvalue weighted by atomic mass is 10.2. The summed E-state index contributed by atoms with van der Waals surface area (Å²) >= 11 is 0. The van der Waals surface area contributed by atoms with Crippen molar-refractivity contribution in [3.8, 4) is 0 Å². The van der Waals surface area contributed by atoms with Gasteiger partial charge in [0, 0.05) is 43.3 Å². The van der Waals surface area contributed by atoms with Crippen molar-refractivity contribution < 1.29 is 0 Å². The first-order valence-electron chi connectivity index (χ1n) is 5.77. The maximum atomic E-state index is 5.67. The van der Waals surface area contributed by atoms with Crippen LogP contribution in [0.3, 0.4) is 0 Å². The van der Waals surface area contributed by atoms with Crippen molar-refractivity contribution in [2.75, 3.05) is 17.7 Å². The Balaban J connectivity index is 2.05. The molecule has 0 saturated heterocycles. The van der Waals surface area contributed by atoms with Gasteiger partial charge in [0.1, 0.15) is 0 Å². The molecule has 0 aliphatic carbocycles. The highest BCUT2D eigenvalue weighted by Crippen LogP contribution is 2.16. The van der Waals surface area contributed by atoms with Crippen molar-refractivity contribution in [2.45, 2.75) is 20.0 Å².